The highest BCUT2D eigenvalue weighted by Gasteiger charge is 2.17. The van der Waals surface area contributed by atoms with Gasteiger partial charge in [-0.1, -0.05) is 50.2 Å². The molecule has 0 spiro atoms. The van der Waals surface area contributed by atoms with Crippen molar-refractivity contribution < 1.29 is 9.53 Å². The fourth-order valence-corrected chi connectivity index (χ4v) is 3.76. The average Bonchev–Trinajstić information content (AvgIpc) is 3.20. The van der Waals surface area contributed by atoms with Gasteiger partial charge in [0.1, 0.15) is 5.75 Å². The molecular weight excluding hydrogens is 360 g/mol. The summed E-state index contributed by atoms with van der Waals surface area (Å²) in [5.74, 6) is 1.05. The van der Waals surface area contributed by atoms with E-state index in [0.29, 0.717) is 12.5 Å². The molecular formula is C25H34N2O2. The van der Waals surface area contributed by atoms with Crippen molar-refractivity contribution in [3.8, 4) is 5.75 Å². The van der Waals surface area contributed by atoms with Crippen LogP contribution in [0.5, 0.6) is 5.75 Å². The standard InChI is InChI=1S/C25H34N2O2/c1-18(2)23-12-7-19(3)15-24(23)29-20(4)25(28)26-16-21-8-10-22(11-9-21)17-27-13-5-6-14-27/h7-12,15,18,20H,5-6,13-14,16-17H2,1-4H3,(H,26,28)/t20-/m1/s1. The smallest absolute Gasteiger partial charge is 0.261 e. The van der Waals surface area contributed by atoms with Gasteiger partial charge in [0.05, 0.1) is 0 Å². The quantitative estimate of drug-likeness (QED) is 0.699. The van der Waals surface area contributed by atoms with Crippen molar-refractivity contribution in [1.82, 2.24) is 10.2 Å². The van der Waals surface area contributed by atoms with E-state index >= 15 is 0 Å². The summed E-state index contributed by atoms with van der Waals surface area (Å²) in [7, 11) is 0. The van der Waals surface area contributed by atoms with Crippen LogP contribution in [-0.2, 0) is 17.9 Å². The fourth-order valence-electron chi connectivity index (χ4n) is 3.76. The molecule has 0 aliphatic carbocycles. The summed E-state index contributed by atoms with van der Waals surface area (Å²) in [6.07, 6.45) is 2.08. The lowest BCUT2D eigenvalue weighted by atomic mass is 10.0. The second-order valence-electron chi connectivity index (χ2n) is 8.47. The second-order valence-corrected chi connectivity index (χ2v) is 8.47. The number of hydrogen-bond donors (Lipinski definition) is 1. The third kappa shape index (κ3) is 6.07. The molecule has 1 aliphatic heterocycles. The first kappa shape index (κ1) is 21.4. The van der Waals surface area contributed by atoms with Gasteiger partial charge >= 0.3 is 0 Å². The summed E-state index contributed by atoms with van der Waals surface area (Å²) in [5.41, 5.74) is 4.70. The first-order chi connectivity index (χ1) is 13.9. The van der Waals surface area contributed by atoms with Gasteiger partial charge in [0.2, 0.25) is 0 Å². The minimum Gasteiger partial charge on any atom is -0.481 e. The Balaban J connectivity index is 1.52. The molecule has 4 heteroatoms. The van der Waals surface area contributed by atoms with Crippen LogP contribution >= 0.6 is 0 Å². The lowest BCUT2D eigenvalue weighted by Crippen LogP contribution is -2.36. The first-order valence-electron chi connectivity index (χ1n) is 10.8. The van der Waals surface area contributed by atoms with Gasteiger partial charge in [0, 0.05) is 13.1 Å². The van der Waals surface area contributed by atoms with E-state index in [0.717, 1.165) is 29.0 Å². The molecule has 1 amide bonds. The van der Waals surface area contributed by atoms with E-state index < -0.39 is 6.10 Å². The molecule has 1 N–H and O–H groups in total. The maximum absolute atomic E-state index is 12.5. The van der Waals surface area contributed by atoms with E-state index in [1.54, 1.807) is 6.92 Å². The van der Waals surface area contributed by atoms with E-state index in [4.69, 9.17) is 4.74 Å². The van der Waals surface area contributed by atoms with Crippen molar-refractivity contribution in [2.75, 3.05) is 13.1 Å². The molecule has 0 saturated carbocycles. The third-order valence-corrected chi connectivity index (χ3v) is 5.56. The molecule has 4 nitrogen and oxygen atoms in total. The van der Waals surface area contributed by atoms with Crippen molar-refractivity contribution in [3.05, 3.63) is 64.7 Å². The Kier molecular flexibility index (Phi) is 7.32. The van der Waals surface area contributed by atoms with E-state index in [9.17, 15) is 4.79 Å². The number of amides is 1. The Morgan fingerprint density at radius 3 is 2.34 bits per heavy atom. The molecule has 1 atom stereocenters. The van der Waals surface area contributed by atoms with Crippen molar-refractivity contribution in [3.63, 3.8) is 0 Å². The minimum absolute atomic E-state index is 0.0950. The molecule has 2 aromatic rings. The molecule has 0 radical (unpaired) electrons. The number of benzene rings is 2. The Bertz CT molecular complexity index is 808. The maximum atomic E-state index is 12.5. The van der Waals surface area contributed by atoms with Crippen LogP contribution in [0.4, 0.5) is 0 Å². The molecule has 1 fully saturated rings. The van der Waals surface area contributed by atoms with Gasteiger partial charge < -0.3 is 10.1 Å². The number of rotatable bonds is 8. The van der Waals surface area contributed by atoms with Gasteiger partial charge in [-0.3, -0.25) is 9.69 Å². The number of nitrogens with zero attached hydrogens (tertiary/aromatic N) is 1. The summed E-state index contributed by atoms with van der Waals surface area (Å²) in [6, 6.07) is 14.7. The van der Waals surface area contributed by atoms with Gasteiger partial charge in [-0.15, -0.1) is 0 Å². The van der Waals surface area contributed by atoms with E-state index in [2.05, 4.69) is 60.5 Å². The molecule has 0 aromatic heterocycles. The van der Waals surface area contributed by atoms with Crippen molar-refractivity contribution in [2.24, 2.45) is 0 Å². The molecule has 1 aliphatic rings. The second kappa shape index (κ2) is 9.93. The molecule has 29 heavy (non-hydrogen) atoms. The third-order valence-electron chi connectivity index (χ3n) is 5.56. The van der Waals surface area contributed by atoms with E-state index in [1.165, 1.54) is 31.5 Å². The molecule has 3 rings (SSSR count). The van der Waals surface area contributed by atoms with Crippen LogP contribution in [0.1, 0.15) is 61.8 Å². The Hall–Kier alpha value is -2.33. The first-order valence-corrected chi connectivity index (χ1v) is 10.8. The predicted molar refractivity (Wildman–Crippen MR) is 118 cm³/mol. The zero-order valence-corrected chi connectivity index (χ0v) is 18.2. The zero-order valence-electron chi connectivity index (χ0n) is 18.2. The van der Waals surface area contributed by atoms with Crippen LogP contribution in [0.15, 0.2) is 42.5 Å². The molecule has 0 bridgehead atoms. The van der Waals surface area contributed by atoms with Crippen LogP contribution in [0.3, 0.4) is 0 Å². The minimum atomic E-state index is -0.538. The Labute approximate surface area is 175 Å². The summed E-state index contributed by atoms with van der Waals surface area (Å²) >= 11 is 0. The van der Waals surface area contributed by atoms with Gasteiger partial charge in [-0.05, 0) is 74.0 Å². The zero-order chi connectivity index (χ0) is 20.8. The van der Waals surface area contributed by atoms with Crippen LogP contribution < -0.4 is 10.1 Å². The maximum Gasteiger partial charge on any atom is 0.261 e. The number of hydrogen-bond acceptors (Lipinski definition) is 3. The summed E-state index contributed by atoms with van der Waals surface area (Å²) < 4.78 is 6.01. The number of carbonyl (C=O) groups is 1. The SMILES string of the molecule is Cc1ccc(C(C)C)c(O[C@H](C)C(=O)NCc2ccc(CN3CCCC3)cc2)c1. The van der Waals surface area contributed by atoms with E-state index in [-0.39, 0.29) is 5.91 Å². The van der Waals surface area contributed by atoms with Gasteiger partial charge in [-0.25, -0.2) is 0 Å². The fraction of sp³-hybridized carbons (Fsp3) is 0.480. The van der Waals surface area contributed by atoms with E-state index in [1.807, 2.05) is 13.0 Å². The number of nitrogens with one attached hydrogen (secondary N) is 1. The lowest BCUT2D eigenvalue weighted by Gasteiger charge is -2.19. The monoisotopic (exact) mass is 394 g/mol. The Morgan fingerprint density at radius 2 is 1.69 bits per heavy atom. The van der Waals surface area contributed by atoms with Crippen LogP contribution in [0, 0.1) is 6.92 Å². The molecule has 1 heterocycles. The van der Waals surface area contributed by atoms with Crippen molar-refractivity contribution in [1.29, 1.82) is 0 Å². The Morgan fingerprint density at radius 1 is 1.03 bits per heavy atom. The topological polar surface area (TPSA) is 41.6 Å². The molecule has 0 unspecified atom stereocenters. The van der Waals surface area contributed by atoms with Crippen molar-refractivity contribution in [2.45, 2.75) is 65.6 Å². The van der Waals surface area contributed by atoms with Crippen LogP contribution in [-0.4, -0.2) is 30.0 Å². The largest absolute Gasteiger partial charge is 0.481 e. The normalized spacial score (nSPS) is 15.5. The highest BCUT2D eigenvalue weighted by Crippen LogP contribution is 2.28. The predicted octanol–water partition coefficient (Wildman–Crippen LogP) is 4.80. The number of likely N-dealkylation sites (tertiary alicyclic amines) is 1. The molecule has 1 saturated heterocycles. The number of carbonyl (C=O) groups excluding carboxylic acids is 1. The summed E-state index contributed by atoms with van der Waals surface area (Å²) in [5, 5.41) is 3.00. The lowest BCUT2D eigenvalue weighted by molar-refractivity contribution is -0.127. The summed E-state index contributed by atoms with van der Waals surface area (Å²) in [6.45, 7) is 12.1. The van der Waals surface area contributed by atoms with Crippen LogP contribution in [0.2, 0.25) is 0 Å². The highest BCUT2D eigenvalue weighted by atomic mass is 16.5. The van der Waals surface area contributed by atoms with Gasteiger partial charge in [0.15, 0.2) is 6.10 Å². The number of ether oxygens (including phenoxy) is 1. The number of aryl methyl sites for hydroxylation is 1. The average molecular weight is 395 g/mol. The van der Waals surface area contributed by atoms with Gasteiger partial charge in [0.25, 0.3) is 5.91 Å². The van der Waals surface area contributed by atoms with Crippen LogP contribution in [0.25, 0.3) is 0 Å². The van der Waals surface area contributed by atoms with Crippen molar-refractivity contribution >= 4 is 5.91 Å². The summed E-state index contributed by atoms with van der Waals surface area (Å²) in [4.78, 5) is 15.0. The molecule has 2 aromatic carbocycles. The van der Waals surface area contributed by atoms with Gasteiger partial charge in [-0.2, -0.15) is 0 Å². The molecule has 156 valence electrons. The highest BCUT2D eigenvalue weighted by molar-refractivity contribution is 5.80.